The molecule has 0 spiro atoms. The number of rotatable bonds is 14. The van der Waals surface area contributed by atoms with Crippen molar-refractivity contribution in [2.45, 2.75) is 39.2 Å². The van der Waals surface area contributed by atoms with Gasteiger partial charge in [-0.3, -0.25) is 14.4 Å². The average Bonchev–Trinajstić information content (AvgIpc) is 3.47. The lowest BCUT2D eigenvalue weighted by Crippen LogP contribution is -2.48. The second kappa shape index (κ2) is 18.7. The van der Waals surface area contributed by atoms with E-state index in [1.807, 2.05) is 74.5 Å². The molecule has 0 saturated carbocycles. The Balaban J connectivity index is 0.00000300. The molecule has 12 heteroatoms. The van der Waals surface area contributed by atoms with Crippen LogP contribution in [0.2, 0.25) is 0 Å². The maximum absolute atomic E-state index is 13.0. The van der Waals surface area contributed by atoms with Crippen molar-refractivity contribution in [3.05, 3.63) is 91.0 Å². The monoisotopic (exact) mass is 681 g/mol. The molecule has 252 valence electrons. The zero-order valence-corrected chi connectivity index (χ0v) is 28.7. The number of amides is 1. The van der Waals surface area contributed by atoms with Crippen LogP contribution in [0.1, 0.15) is 26.7 Å². The van der Waals surface area contributed by atoms with Crippen LogP contribution >= 0.6 is 24.8 Å². The van der Waals surface area contributed by atoms with Gasteiger partial charge in [0.05, 0.1) is 23.9 Å². The molecule has 1 aliphatic rings. The predicted molar refractivity (Wildman–Crippen MR) is 194 cm³/mol. The van der Waals surface area contributed by atoms with E-state index < -0.39 is 13.1 Å². The summed E-state index contributed by atoms with van der Waals surface area (Å²) >= 11 is 0. The van der Waals surface area contributed by atoms with E-state index in [4.69, 9.17) is 9.84 Å². The molecular formula is C35H46BCl2N5O4. The molecule has 0 bridgehead atoms. The zero-order valence-electron chi connectivity index (χ0n) is 27.1. The molecule has 5 rings (SSSR count). The van der Waals surface area contributed by atoms with Crippen molar-refractivity contribution in [2.75, 3.05) is 44.2 Å². The molecular weight excluding hydrogens is 636 g/mol. The van der Waals surface area contributed by atoms with Gasteiger partial charge in [-0.15, -0.1) is 24.8 Å². The van der Waals surface area contributed by atoms with E-state index in [1.165, 1.54) is 5.69 Å². The fraction of sp³-hybridized carbons (Fsp3) is 0.371. The van der Waals surface area contributed by atoms with Gasteiger partial charge in [-0.2, -0.15) is 5.10 Å². The first-order valence-corrected chi connectivity index (χ1v) is 15.9. The second-order valence-corrected chi connectivity index (χ2v) is 12.0. The second-order valence-electron chi connectivity index (χ2n) is 12.0. The average molecular weight is 683 g/mol. The molecule has 9 nitrogen and oxygen atoms in total. The summed E-state index contributed by atoms with van der Waals surface area (Å²) < 4.78 is 7.82. The lowest BCUT2D eigenvalue weighted by Gasteiger charge is -2.36. The van der Waals surface area contributed by atoms with Crippen molar-refractivity contribution in [1.29, 1.82) is 0 Å². The third-order valence-electron chi connectivity index (χ3n) is 8.09. The number of anilines is 1. The van der Waals surface area contributed by atoms with Gasteiger partial charge in [0.15, 0.2) is 0 Å². The molecule has 3 aromatic carbocycles. The molecule has 3 N–H and O–H groups in total. The topological polar surface area (TPSA) is 103 Å². The maximum atomic E-state index is 13.0. The molecule has 0 aliphatic carbocycles. The first-order chi connectivity index (χ1) is 21.9. The minimum Gasteiger partial charge on any atom is -0.494 e. The summed E-state index contributed by atoms with van der Waals surface area (Å²) in [4.78, 5) is 18.0. The van der Waals surface area contributed by atoms with E-state index in [1.54, 1.807) is 4.68 Å². The highest BCUT2D eigenvalue weighted by molar-refractivity contribution is 6.43. The Morgan fingerprint density at radius 3 is 2.21 bits per heavy atom. The number of para-hydroxylation sites is 1. The summed E-state index contributed by atoms with van der Waals surface area (Å²) in [6, 6.07) is 30.3. The molecule has 1 fully saturated rings. The number of piperazine rings is 1. The molecule has 1 aromatic heterocycles. The lowest BCUT2D eigenvalue weighted by molar-refractivity contribution is -0.122. The van der Waals surface area contributed by atoms with Gasteiger partial charge >= 0.3 is 7.12 Å². The number of benzene rings is 3. The normalized spacial score (nSPS) is 13.8. The van der Waals surface area contributed by atoms with Crippen LogP contribution in [0.25, 0.3) is 22.5 Å². The maximum Gasteiger partial charge on any atom is 0.475 e. The van der Waals surface area contributed by atoms with Crippen LogP contribution in [0, 0.1) is 5.92 Å². The first kappa shape index (κ1) is 37.9. The molecule has 1 atom stereocenters. The Hall–Kier alpha value is -3.54. The number of aromatic nitrogens is 2. The molecule has 1 aliphatic heterocycles. The van der Waals surface area contributed by atoms with Crippen LogP contribution < -0.4 is 15.0 Å². The minimum absolute atomic E-state index is 0. The molecule has 1 amide bonds. The van der Waals surface area contributed by atoms with Crippen LogP contribution in [-0.2, 0) is 11.3 Å². The summed E-state index contributed by atoms with van der Waals surface area (Å²) in [7, 11) is -1.63. The minimum atomic E-state index is -1.63. The molecule has 0 radical (unpaired) electrons. The van der Waals surface area contributed by atoms with Crippen molar-refractivity contribution >= 4 is 43.5 Å². The number of ether oxygens (including phenoxy) is 1. The van der Waals surface area contributed by atoms with E-state index in [0.29, 0.717) is 13.0 Å². The van der Waals surface area contributed by atoms with Crippen molar-refractivity contribution < 1.29 is 19.6 Å². The number of halogens is 2. The van der Waals surface area contributed by atoms with Gasteiger partial charge < -0.3 is 25.0 Å². The first-order valence-electron chi connectivity index (χ1n) is 15.9. The summed E-state index contributed by atoms with van der Waals surface area (Å²) in [6.45, 7) is 9.69. The van der Waals surface area contributed by atoms with Gasteiger partial charge in [-0.25, -0.2) is 0 Å². The summed E-state index contributed by atoms with van der Waals surface area (Å²) in [5.74, 6) is -0.110. The number of carbonyl (C=O) groups excluding carboxylic acids is 1. The third kappa shape index (κ3) is 11.0. The van der Waals surface area contributed by atoms with E-state index in [0.717, 1.165) is 67.4 Å². The van der Waals surface area contributed by atoms with Crippen LogP contribution in [-0.4, -0.2) is 83.0 Å². The Labute approximate surface area is 290 Å². The largest absolute Gasteiger partial charge is 0.494 e. The van der Waals surface area contributed by atoms with Gasteiger partial charge in [0.1, 0.15) is 12.3 Å². The van der Waals surface area contributed by atoms with Crippen LogP contribution in [0.3, 0.4) is 0 Å². The Morgan fingerprint density at radius 2 is 1.55 bits per heavy atom. The van der Waals surface area contributed by atoms with Gasteiger partial charge in [0.25, 0.3) is 0 Å². The van der Waals surface area contributed by atoms with Crippen molar-refractivity contribution in [3.63, 3.8) is 0 Å². The number of carbonyl (C=O) groups is 1. The molecule has 1 unspecified atom stereocenters. The zero-order chi connectivity index (χ0) is 31.6. The van der Waals surface area contributed by atoms with Crippen LogP contribution in [0.5, 0.6) is 5.75 Å². The quantitative estimate of drug-likeness (QED) is 0.124. The highest BCUT2D eigenvalue weighted by Gasteiger charge is 2.26. The third-order valence-corrected chi connectivity index (χ3v) is 8.09. The lowest BCUT2D eigenvalue weighted by atomic mass is 9.75. The van der Waals surface area contributed by atoms with E-state index in [-0.39, 0.29) is 43.2 Å². The Kier molecular flexibility index (Phi) is 15.1. The predicted octanol–water partition coefficient (Wildman–Crippen LogP) is 5.19. The number of nitrogens with one attached hydrogen (secondary N) is 1. The van der Waals surface area contributed by atoms with Gasteiger partial charge in [-0.05, 0) is 54.7 Å². The van der Waals surface area contributed by atoms with Gasteiger partial charge in [0, 0.05) is 44.0 Å². The summed E-state index contributed by atoms with van der Waals surface area (Å²) in [5.41, 5.74) is 4.64. The number of nitrogens with zero attached hydrogens (tertiary/aromatic N) is 4. The van der Waals surface area contributed by atoms with E-state index in [9.17, 15) is 14.8 Å². The van der Waals surface area contributed by atoms with Gasteiger partial charge in [-0.1, -0.05) is 74.5 Å². The Bertz CT molecular complexity index is 1500. The standard InChI is InChI=1S/C35H44BN5O4.2ClH/c1-27(2)23-34(36(43)44)37-35(42)26-41-33(28-11-5-3-6-12-28)25-32(38-41)29-13-9-16-31(24-29)45-22-10-17-39-18-20-40(21-19-39)30-14-7-4-8-15-30;;/h3-9,11-16,24-25,27,34,43-44H,10,17-23,26H2,1-2H3,(H,37,42);2*1H. The van der Waals surface area contributed by atoms with Crippen molar-refractivity contribution in [1.82, 2.24) is 20.0 Å². The van der Waals surface area contributed by atoms with E-state index in [2.05, 4.69) is 45.4 Å². The summed E-state index contributed by atoms with van der Waals surface area (Å²) in [6.07, 6.45) is 1.40. The molecule has 47 heavy (non-hydrogen) atoms. The number of hydrogen-bond acceptors (Lipinski definition) is 7. The smallest absolute Gasteiger partial charge is 0.475 e. The summed E-state index contributed by atoms with van der Waals surface area (Å²) in [5, 5.41) is 27.1. The molecule has 1 saturated heterocycles. The highest BCUT2D eigenvalue weighted by atomic mass is 35.5. The van der Waals surface area contributed by atoms with Crippen molar-refractivity contribution in [2.24, 2.45) is 5.92 Å². The van der Waals surface area contributed by atoms with E-state index >= 15 is 0 Å². The van der Waals surface area contributed by atoms with Crippen LogP contribution in [0.15, 0.2) is 91.0 Å². The molecule has 4 aromatic rings. The van der Waals surface area contributed by atoms with Crippen LogP contribution in [0.4, 0.5) is 5.69 Å². The Morgan fingerprint density at radius 1 is 0.894 bits per heavy atom. The molecule has 2 heterocycles. The SMILES string of the molecule is CC(C)CC(NC(=O)Cn1nc(-c2cccc(OCCCN3CCN(c4ccccc4)CC3)c2)cc1-c1ccccc1)B(O)O.Cl.Cl. The van der Waals surface area contributed by atoms with Crippen molar-refractivity contribution in [3.8, 4) is 28.3 Å². The highest BCUT2D eigenvalue weighted by Crippen LogP contribution is 2.28. The number of hydrogen-bond donors (Lipinski definition) is 3. The fourth-order valence-corrected chi connectivity index (χ4v) is 5.76. The fourth-order valence-electron chi connectivity index (χ4n) is 5.76. The van der Waals surface area contributed by atoms with Gasteiger partial charge in [0.2, 0.25) is 5.91 Å².